The van der Waals surface area contributed by atoms with Crippen molar-refractivity contribution < 1.29 is 0 Å². The zero-order valence-electron chi connectivity index (χ0n) is 10.5. The molecule has 0 amide bonds. The van der Waals surface area contributed by atoms with Crippen molar-refractivity contribution in [2.75, 3.05) is 0 Å². The highest BCUT2D eigenvalue weighted by Gasteiger charge is 2.12. The number of pyridine rings is 1. The lowest BCUT2D eigenvalue weighted by Crippen LogP contribution is -1.97. The summed E-state index contributed by atoms with van der Waals surface area (Å²) >= 11 is 3.59. The van der Waals surface area contributed by atoms with Gasteiger partial charge in [0.15, 0.2) is 0 Å². The van der Waals surface area contributed by atoms with E-state index in [0.717, 1.165) is 28.7 Å². The molecule has 0 fully saturated rings. The standard InChI is InChI=1S/C14H13BrN4/c1-2-11(15)12-9-19(18-17-12)13-7-3-5-10-6-4-8-16-14(10)13/h3-9,11H,2H2,1H3. The van der Waals surface area contributed by atoms with E-state index in [-0.39, 0.29) is 4.83 Å². The number of para-hydroxylation sites is 1. The number of rotatable bonds is 3. The molecule has 0 spiro atoms. The molecule has 4 nitrogen and oxygen atoms in total. The molecule has 2 heterocycles. The number of aromatic nitrogens is 4. The minimum Gasteiger partial charge on any atom is -0.254 e. The summed E-state index contributed by atoms with van der Waals surface area (Å²) in [5.74, 6) is 0. The SMILES string of the molecule is CCC(Br)c1cn(-c2cccc3cccnc23)nn1. The third kappa shape index (κ3) is 2.26. The average molecular weight is 317 g/mol. The molecule has 19 heavy (non-hydrogen) atoms. The molecule has 0 aliphatic heterocycles. The van der Waals surface area contributed by atoms with Gasteiger partial charge < -0.3 is 0 Å². The van der Waals surface area contributed by atoms with Gasteiger partial charge in [-0.1, -0.05) is 46.3 Å². The lowest BCUT2D eigenvalue weighted by molar-refractivity contribution is 0.793. The van der Waals surface area contributed by atoms with Gasteiger partial charge in [0.25, 0.3) is 0 Å². The first-order valence-corrected chi connectivity index (χ1v) is 7.11. The minimum absolute atomic E-state index is 0.240. The second-order valence-electron chi connectivity index (χ2n) is 4.32. The van der Waals surface area contributed by atoms with Gasteiger partial charge in [-0.25, -0.2) is 4.68 Å². The van der Waals surface area contributed by atoms with E-state index >= 15 is 0 Å². The van der Waals surface area contributed by atoms with Crippen LogP contribution in [0.25, 0.3) is 16.6 Å². The smallest absolute Gasteiger partial charge is 0.0967 e. The molecule has 2 aromatic heterocycles. The summed E-state index contributed by atoms with van der Waals surface area (Å²) in [7, 11) is 0. The van der Waals surface area contributed by atoms with Crippen LogP contribution in [0.5, 0.6) is 0 Å². The van der Waals surface area contributed by atoms with Gasteiger partial charge in [-0.15, -0.1) is 5.10 Å². The molecule has 0 saturated heterocycles. The van der Waals surface area contributed by atoms with Gasteiger partial charge in [0.05, 0.1) is 27.9 Å². The van der Waals surface area contributed by atoms with Crippen molar-refractivity contribution in [1.29, 1.82) is 0 Å². The van der Waals surface area contributed by atoms with Crippen LogP contribution in [0.4, 0.5) is 0 Å². The van der Waals surface area contributed by atoms with Gasteiger partial charge in [-0.3, -0.25) is 4.98 Å². The van der Waals surface area contributed by atoms with E-state index in [1.807, 2.05) is 36.5 Å². The van der Waals surface area contributed by atoms with E-state index in [0.29, 0.717) is 0 Å². The normalized spacial score (nSPS) is 12.7. The number of hydrogen-bond donors (Lipinski definition) is 0. The topological polar surface area (TPSA) is 43.6 Å². The fourth-order valence-electron chi connectivity index (χ4n) is 2.02. The van der Waals surface area contributed by atoms with Gasteiger partial charge in [0.2, 0.25) is 0 Å². The lowest BCUT2D eigenvalue weighted by Gasteiger charge is -2.04. The summed E-state index contributed by atoms with van der Waals surface area (Å²) in [6, 6.07) is 10.0. The molecular weight excluding hydrogens is 304 g/mol. The number of hydrogen-bond acceptors (Lipinski definition) is 3. The first-order valence-electron chi connectivity index (χ1n) is 6.20. The Morgan fingerprint density at radius 1 is 1.26 bits per heavy atom. The quantitative estimate of drug-likeness (QED) is 0.692. The predicted molar refractivity (Wildman–Crippen MR) is 78.6 cm³/mol. The predicted octanol–water partition coefficient (Wildman–Crippen LogP) is 3.66. The number of nitrogens with zero attached hydrogens (tertiary/aromatic N) is 4. The van der Waals surface area contributed by atoms with Gasteiger partial charge in [-0.2, -0.15) is 0 Å². The van der Waals surface area contributed by atoms with Crippen LogP contribution in [-0.4, -0.2) is 20.0 Å². The Hall–Kier alpha value is -1.75. The van der Waals surface area contributed by atoms with Crippen molar-refractivity contribution >= 4 is 26.8 Å². The van der Waals surface area contributed by atoms with E-state index in [1.165, 1.54) is 0 Å². The van der Waals surface area contributed by atoms with Gasteiger partial charge in [-0.05, 0) is 18.6 Å². The summed E-state index contributed by atoms with van der Waals surface area (Å²) in [5, 5.41) is 9.51. The Labute approximate surface area is 119 Å². The molecule has 1 unspecified atom stereocenters. The van der Waals surface area contributed by atoms with Crippen molar-refractivity contribution in [1.82, 2.24) is 20.0 Å². The van der Waals surface area contributed by atoms with Crippen LogP contribution < -0.4 is 0 Å². The van der Waals surface area contributed by atoms with Gasteiger partial charge >= 0.3 is 0 Å². The van der Waals surface area contributed by atoms with Gasteiger partial charge in [0, 0.05) is 11.6 Å². The highest BCUT2D eigenvalue weighted by Crippen LogP contribution is 2.25. The van der Waals surface area contributed by atoms with Crippen molar-refractivity contribution in [2.45, 2.75) is 18.2 Å². The van der Waals surface area contributed by atoms with Crippen LogP contribution in [0.15, 0.2) is 42.7 Å². The Kier molecular flexibility index (Phi) is 3.29. The highest BCUT2D eigenvalue weighted by molar-refractivity contribution is 9.09. The summed E-state index contributed by atoms with van der Waals surface area (Å²) in [6.45, 7) is 2.11. The number of halogens is 1. The second kappa shape index (κ2) is 5.09. The second-order valence-corrected chi connectivity index (χ2v) is 5.42. The Morgan fingerprint density at radius 2 is 2.11 bits per heavy atom. The summed E-state index contributed by atoms with van der Waals surface area (Å²) in [5.41, 5.74) is 2.83. The largest absolute Gasteiger partial charge is 0.254 e. The fourth-order valence-corrected chi connectivity index (χ4v) is 2.23. The summed E-state index contributed by atoms with van der Waals surface area (Å²) in [4.78, 5) is 4.67. The number of alkyl halides is 1. The summed E-state index contributed by atoms with van der Waals surface area (Å²) in [6.07, 6.45) is 4.72. The van der Waals surface area contributed by atoms with Crippen LogP contribution in [-0.2, 0) is 0 Å². The average Bonchev–Trinajstić information content (AvgIpc) is 2.95. The van der Waals surface area contributed by atoms with E-state index in [1.54, 1.807) is 10.9 Å². The van der Waals surface area contributed by atoms with Gasteiger partial charge in [0.1, 0.15) is 0 Å². The van der Waals surface area contributed by atoms with Crippen LogP contribution in [0, 0.1) is 0 Å². The van der Waals surface area contributed by atoms with E-state index in [2.05, 4.69) is 38.1 Å². The molecule has 1 aromatic carbocycles. The Bertz CT molecular complexity index is 702. The molecule has 0 aliphatic carbocycles. The molecule has 0 aliphatic rings. The van der Waals surface area contributed by atoms with Crippen molar-refractivity contribution in [3.8, 4) is 5.69 Å². The van der Waals surface area contributed by atoms with Crippen LogP contribution in [0.2, 0.25) is 0 Å². The minimum atomic E-state index is 0.240. The molecule has 0 radical (unpaired) electrons. The Balaban J connectivity index is 2.12. The third-order valence-electron chi connectivity index (χ3n) is 3.05. The zero-order valence-corrected chi connectivity index (χ0v) is 12.1. The monoisotopic (exact) mass is 316 g/mol. The molecule has 0 N–H and O–H groups in total. The fraction of sp³-hybridized carbons (Fsp3) is 0.214. The van der Waals surface area contributed by atoms with E-state index in [4.69, 9.17) is 0 Å². The third-order valence-corrected chi connectivity index (χ3v) is 4.17. The maximum absolute atomic E-state index is 4.43. The number of fused-ring (bicyclic) bond motifs is 1. The lowest BCUT2D eigenvalue weighted by atomic mass is 10.2. The molecule has 1 atom stereocenters. The highest BCUT2D eigenvalue weighted by atomic mass is 79.9. The number of benzene rings is 1. The molecule has 0 bridgehead atoms. The first kappa shape index (κ1) is 12.3. The van der Waals surface area contributed by atoms with Crippen LogP contribution >= 0.6 is 15.9 Å². The molecular formula is C14H13BrN4. The summed E-state index contributed by atoms with van der Waals surface area (Å²) < 4.78 is 1.79. The van der Waals surface area contributed by atoms with E-state index < -0.39 is 0 Å². The molecule has 0 saturated carbocycles. The van der Waals surface area contributed by atoms with Crippen molar-refractivity contribution in [3.63, 3.8) is 0 Å². The Morgan fingerprint density at radius 3 is 2.95 bits per heavy atom. The van der Waals surface area contributed by atoms with Crippen molar-refractivity contribution in [3.05, 3.63) is 48.4 Å². The molecule has 5 heteroatoms. The maximum atomic E-state index is 4.43. The van der Waals surface area contributed by atoms with Crippen LogP contribution in [0.1, 0.15) is 23.9 Å². The first-order chi connectivity index (χ1) is 9.29. The molecule has 96 valence electrons. The maximum Gasteiger partial charge on any atom is 0.0967 e. The molecule has 3 aromatic rings. The van der Waals surface area contributed by atoms with Crippen molar-refractivity contribution in [2.24, 2.45) is 0 Å². The van der Waals surface area contributed by atoms with Crippen LogP contribution in [0.3, 0.4) is 0 Å². The van der Waals surface area contributed by atoms with E-state index in [9.17, 15) is 0 Å². The zero-order chi connectivity index (χ0) is 13.2. The molecule has 3 rings (SSSR count).